The fraction of sp³-hybridized carbons (Fsp3) is 0.538. The minimum absolute atomic E-state index is 0.0531. The van der Waals surface area contributed by atoms with Crippen molar-refractivity contribution in [3.63, 3.8) is 0 Å². The third-order valence-electron chi connectivity index (χ3n) is 7.38. The van der Waals surface area contributed by atoms with Gasteiger partial charge in [0.15, 0.2) is 13.1 Å². The molecule has 8 nitrogen and oxygen atoms in total. The summed E-state index contributed by atoms with van der Waals surface area (Å²) in [6, 6.07) is 5.77. The molecule has 2 amide bonds. The Hall–Kier alpha value is -2.78. The molecule has 2 aliphatic rings. The first-order valence-corrected chi connectivity index (χ1v) is 13.0. The van der Waals surface area contributed by atoms with Crippen molar-refractivity contribution in [2.75, 3.05) is 38.6 Å². The van der Waals surface area contributed by atoms with Crippen molar-refractivity contribution < 1.29 is 23.6 Å². The van der Waals surface area contributed by atoms with Crippen LogP contribution in [-0.4, -0.2) is 60.5 Å². The van der Waals surface area contributed by atoms with Crippen LogP contribution < -0.4 is 10.6 Å². The molecule has 0 bridgehead atoms. The predicted octanol–water partition coefficient (Wildman–Crippen LogP) is 3.62. The fourth-order valence-corrected chi connectivity index (χ4v) is 5.76. The number of nitrogens with one attached hydrogen (secondary N) is 2. The van der Waals surface area contributed by atoms with Crippen LogP contribution in [0.3, 0.4) is 0 Å². The number of carbonyl (C=O) groups is 3. The summed E-state index contributed by atoms with van der Waals surface area (Å²) in [5.74, 6) is -0.719. The second-order valence-corrected chi connectivity index (χ2v) is 11.7. The lowest BCUT2D eigenvalue weighted by molar-refractivity contribution is -0.920. The number of amides is 2. The maximum absolute atomic E-state index is 13.3. The predicted molar refractivity (Wildman–Crippen MR) is 135 cm³/mol. The maximum atomic E-state index is 13.3. The lowest BCUT2D eigenvalue weighted by atomic mass is 9.81. The fourth-order valence-electron chi connectivity index (χ4n) is 4.84. The average molecular weight is 500 g/mol. The minimum Gasteiger partial charge on any atom is -0.465 e. The van der Waals surface area contributed by atoms with Crippen LogP contribution in [0.1, 0.15) is 60.5 Å². The number of aryl methyl sites for hydroxylation is 1. The first-order valence-electron chi connectivity index (χ1n) is 12.1. The van der Waals surface area contributed by atoms with E-state index in [0.29, 0.717) is 15.0 Å². The molecule has 188 valence electrons. The highest BCUT2D eigenvalue weighted by atomic mass is 32.1. The molecule has 0 unspecified atom stereocenters. The highest BCUT2D eigenvalue weighted by Crippen LogP contribution is 2.44. The van der Waals surface area contributed by atoms with Gasteiger partial charge in [-0.15, -0.1) is 11.3 Å². The molecule has 1 saturated carbocycles. The molecule has 0 atom stereocenters. The van der Waals surface area contributed by atoms with Crippen LogP contribution in [0.15, 0.2) is 29.8 Å². The number of aromatic nitrogens is 1. The molecular weight excluding hydrogens is 464 g/mol. The normalized spacial score (nSPS) is 19.4. The monoisotopic (exact) mass is 499 g/mol. The number of nitrogens with zero attached hydrogens (tertiary/aromatic N) is 2. The summed E-state index contributed by atoms with van der Waals surface area (Å²) in [4.78, 5) is 43.5. The number of methoxy groups -OCH3 is 1. The van der Waals surface area contributed by atoms with Crippen molar-refractivity contribution in [2.24, 2.45) is 5.41 Å². The topological polar surface area (TPSA) is 97.4 Å². The van der Waals surface area contributed by atoms with E-state index in [9.17, 15) is 14.4 Å². The van der Waals surface area contributed by atoms with Crippen LogP contribution in [0.5, 0.6) is 0 Å². The van der Waals surface area contributed by atoms with Gasteiger partial charge in [0.1, 0.15) is 4.88 Å². The van der Waals surface area contributed by atoms with Crippen molar-refractivity contribution >= 4 is 34.8 Å². The summed E-state index contributed by atoms with van der Waals surface area (Å²) in [7, 11) is 1.33. The van der Waals surface area contributed by atoms with Crippen LogP contribution in [0.2, 0.25) is 0 Å². The van der Waals surface area contributed by atoms with Crippen molar-refractivity contribution in [1.82, 2.24) is 10.3 Å². The summed E-state index contributed by atoms with van der Waals surface area (Å²) >= 11 is 1.25. The first-order chi connectivity index (χ1) is 16.6. The zero-order chi connectivity index (χ0) is 25.3. The number of piperidine rings is 1. The summed E-state index contributed by atoms with van der Waals surface area (Å²) in [5.41, 5.74) is 2.00. The number of carbonyl (C=O) groups excluding carboxylic acids is 3. The van der Waals surface area contributed by atoms with Gasteiger partial charge in [0.25, 0.3) is 11.8 Å². The van der Waals surface area contributed by atoms with Gasteiger partial charge in [0, 0.05) is 19.0 Å². The van der Waals surface area contributed by atoms with Gasteiger partial charge in [-0.05, 0) is 48.3 Å². The lowest BCUT2D eigenvalue weighted by Gasteiger charge is -2.45. The summed E-state index contributed by atoms with van der Waals surface area (Å²) < 4.78 is 5.26. The Morgan fingerprint density at radius 2 is 1.77 bits per heavy atom. The molecule has 0 aromatic carbocycles. The molecular formula is C26H35N4O4S+. The third kappa shape index (κ3) is 5.73. The molecule has 1 saturated heterocycles. The molecule has 2 N–H and O–H groups in total. The van der Waals surface area contributed by atoms with E-state index in [4.69, 9.17) is 4.74 Å². The van der Waals surface area contributed by atoms with E-state index in [0.717, 1.165) is 50.0 Å². The van der Waals surface area contributed by atoms with E-state index >= 15 is 0 Å². The number of hydrogen-bond donors (Lipinski definition) is 2. The molecule has 9 heteroatoms. The zero-order valence-corrected chi connectivity index (χ0v) is 21.8. The lowest BCUT2D eigenvalue weighted by Crippen LogP contribution is -2.61. The second-order valence-electron chi connectivity index (χ2n) is 10.8. The number of quaternary nitrogens is 1. The number of esters is 1. The Kier molecular flexibility index (Phi) is 7.02. The van der Waals surface area contributed by atoms with Crippen molar-refractivity contribution in [3.05, 3.63) is 45.9 Å². The summed E-state index contributed by atoms with van der Waals surface area (Å²) in [6.07, 6.45) is 5.36. The van der Waals surface area contributed by atoms with E-state index in [2.05, 4.69) is 29.5 Å². The van der Waals surface area contributed by atoms with Crippen molar-refractivity contribution in [3.8, 4) is 0 Å². The smallest absolute Gasteiger partial charge is 0.350 e. The second kappa shape index (κ2) is 9.70. The van der Waals surface area contributed by atoms with Crippen LogP contribution >= 0.6 is 11.3 Å². The van der Waals surface area contributed by atoms with Gasteiger partial charge in [-0.2, -0.15) is 0 Å². The van der Waals surface area contributed by atoms with Gasteiger partial charge in [-0.25, -0.2) is 4.79 Å². The summed E-state index contributed by atoms with van der Waals surface area (Å²) in [6.45, 7) is 8.23. The van der Waals surface area contributed by atoms with Crippen LogP contribution in [-0.2, 0) is 19.9 Å². The van der Waals surface area contributed by atoms with Gasteiger partial charge in [0.2, 0.25) is 0 Å². The van der Waals surface area contributed by atoms with Gasteiger partial charge in [0.05, 0.1) is 37.1 Å². The number of rotatable bonds is 8. The van der Waals surface area contributed by atoms with E-state index in [1.807, 2.05) is 30.5 Å². The van der Waals surface area contributed by atoms with Crippen molar-refractivity contribution in [1.29, 1.82) is 0 Å². The minimum atomic E-state index is -0.467. The molecule has 1 aliphatic carbocycles. The van der Waals surface area contributed by atoms with Crippen LogP contribution in [0.25, 0.3) is 0 Å². The Bertz CT molecular complexity index is 1100. The average Bonchev–Trinajstić information content (AvgIpc) is 3.52. The molecule has 2 fully saturated rings. The van der Waals surface area contributed by atoms with E-state index in [-0.39, 0.29) is 35.9 Å². The Labute approximate surface area is 210 Å². The number of anilines is 1. The van der Waals surface area contributed by atoms with Gasteiger partial charge >= 0.3 is 5.97 Å². The van der Waals surface area contributed by atoms with E-state index in [1.54, 1.807) is 6.20 Å². The number of thiophene rings is 1. The molecule has 2 aromatic rings. The number of likely N-dealkylation sites (tertiary alicyclic amines) is 1. The molecule has 35 heavy (non-hydrogen) atoms. The van der Waals surface area contributed by atoms with Gasteiger partial charge in [-0.3, -0.25) is 14.6 Å². The van der Waals surface area contributed by atoms with Gasteiger partial charge < -0.3 is 19.9 Å². The Balaban J connectivity index is 1.48. The van der Waals surface area contributed by atoms with Crippen LogP contribution in [0.4, 0.5) is 5.69 Å². The van der Waals surface area contributed by atoms with Crippen molar-refractivity contribution in [2.45, 2.75) is 52.0 Å². The molecule has 4 rings (SSSR count). The molecule has 3 heterocycles. The molecule has 0 radical (unpaired) electrons. The Morgan fingerprint density at radius 1 is 1.09 bits per heavy atom. The first kappa shape index (κ1) is 25.3. The molecule has 2 aromatic heterocycles. The molecule has 0 spiro atoms. The van der Waals surface area contributed by atoms with E-state index in [1.165, 1.54) is 18.4 Å². The quantitative estimate of drug-likeness (QED) is 0.427. The third-order valence-corrected chi connectivity index (χ3v) is 8.46. The number of hydrogen-bond acceptors (Lipinski definition) is 6. The van der Waals surface area contributed by atoms with E-state index < -0.39 is 5.97 Å². The number of pyridine rings is 1. The highest BCUT2D eigenvalue weighted by molar-refractivity contribution is 7.12. The standard InChI is InChI=1S/C26H34N4O4S/c1-18-17-35-23(24(33)34-4)22(18)28-20(31)15-30(13-10-25(2,3)11-14-30)16-21(32)29-26(8-9-26)19-7-5-6-12-27-19/h5-7,12,17H,8-11,13-16H2,1-4H3,(H-,28,29,31,32,33)/p+1. The molecule has 1 aliphatic heterocycles. The SMILES string of the molecule is COC(=O)c1scc(C)c1NC(=O)C[N+]1(CC(=O)NC2(c3ccccn3)CC2)CCC(C)(C)CC1. The Morgan fingerprint density at radius 3 is 2.37 bits per heavy atom. The highest BCUT2D eigenvalue weighted by Gasteiger charge is 2.48. The summed E-state index contributed by atoms with van der Waals surface area (Å²) in [5, 5.41) is 8.00. The maximum Gasteiger partial charge on any atom is 0.350 e. The zero-order valence-electron chi connectivity index (χ0n) is 21.0. The largest absolute Gasteiger partial charge is 0.465 e. The van der Waals surface area contributed by atoms with Gasteiger partial charge in [-0.1, -0.05) is 19.9 Å². The van der Waals surface area contributed by atoms with Crippen LogP contribution in [0, 0.1) is 12.3 Å². The number of ether oxygens (including phenoxy) is 1.